The smallest absolute Gasteiger partial charge is 0.254 e. The molecule has 2 aromatic rings. The summed E-state index contributed by atoms with van der Waals surface area (Å²) in [6, 6.07) is 5.33. The summed E-state index contributed by atoms with van der Waals surface area (Å²) in [6.45, 7) is 2.73. The number of carbonyl (C=O) groups excluding carboxylic acids is 1. The average Bonchev–Trinajstić information content (AvgIpc) is 2.89. The van der Waals surface area contributed by atoms with Gasteiger partial charge in [-0.25, -0.2) is 0 Å². The summed E-state index contributed by atoms with van der Waals surface area (Å²) in [6.07, 6.45) is 8.79. The highest BCUT2D eigenvalue weighted by molar-refractivity contribution is 6.31. The van der Waals surface area contributed by atoms with Gasteiger partial charge in [-0.05, 0) is 24.6 Å². The van der Waals surface area contributed by atoms with Crippen molar-refractivity contribution in [2.75, 3.05) is 7.05 Å². The third-order valence-electron chi connectivity index (χ3n) is 3.20. The first kappa shape index (κ1) is 15.1. The molecule has 0 fully saturated rings. The Morgan fingerprint density at radius 1 is 1.52 bits per heavy atom. The van der Waals surface area contributed by atoms with Crippen LogP contribution in [0.2, 0.25) is 5.02 Å². The number of hydrogen-bond acceptors (Lipinski definition) is 2. The summed E-state index contributed by atoms with van der Waals surface area (Å²) >= 11 is 6.06. The third kappa shape index (κ3) is 3.45. The molecule has 5 heteroatoms. The number of nitrogens with zero attached hydrogens (tertiary/aromatic N) is 3. The van der Waals surface area contributed by atoms with Crippen molar-refractivity contribution >= 4 is 17.5 Å². The molecule has 1 aromatic heterocycles. The highest BCUT2D eigenvalue weighted by atomic mass is 35.5. The zero-order chi connectivity index (χ0) is 15.4. The number of terminal acetylenes is 1. The first-order chi connectivity index (χ1) is 10.0. The fourth-order valence-electron chi connectivity index (χ4n) is 2.06. The lowest BCUT2D eigenvalue weighted by molar-refractivity contribution is 0.0784. The summed E-state index contributed by atoms with van der Waals surface area (Å²) < 4.78 is 1.66. The van der Waals surface area contributed by atoms with Crippen molar-refractivity contribution in [1.82, 2.24) is 14.7 Å². The van der Waals surface area contributed by atoms with Gasteiger partial charge in [-0.3, -0.25) is 9.48 Å². The Balaban J connectivity index is 2.12. The number of amides is 1. The number of halogens is 1. The third-order valence-corrected chi connectivity index (χ3v) is 3.61. The van der Waals surface area contributed by atoms with E-state index in [2.05, 4.69) is 11.0 Å². The van der Waals surface area contributed by atoms with E-state index in [-0.39, 0.29) is 5.91 Å². The zero-order valence-electron chi connectivity index (χ0n) is 12.0. The van der Waals surface area contributed by atoms with Gasteiger partial charge in [-0.1, -0.05) is 23.6 Å². The van der Waals surface area contributed by atoms with Crippen molar-refractivity contribution in [2.45, 2.75) is 20.0 Å². The van der Waals surface area contributed by atoms with Gasteiger partial charge >= 0.3 is 0 Å². The van der Waals surface area contributed by atoms with Gasteiger partial charge < -0.3 is 4.90 Å². The van der Waals surface area contributed by atoms with Gasteiger partial charge in [0.15, 0.2) is 0 Å². The predicted molar refractivity (Wildman–Crippen MR) is 83.0 cm³/mol. The fourth-order valence-corrected chi connectivity index (χ4v) is 2.23. The van der Waals surface area contributed by atoms with Gasteiger partial charge in [-0.2, -0.15) is 5.10 Å². The van der Waals surface area contributed by atoms with E-state index in [0.717, 1.165) is 11.1 Å². The molecule has 1 aromatic carbocycles. The van der Waals surface area contributed by atoms with Gasteiger partial charge in [-0.15, -0.1) is 6.42 Å². The predicted octanol–water partition coefficient (Wildman–Crippen LogP) is 2.75. The van der Waals surface area contributed by atoms with E-state index in [1.165, 1.54) is 0 Å². The molecule has 1 heterocycles. The topological polar surface area (TPSA) is 38.1 Å². The molecule has 21 heavy (non-hydrogen) atoms. The van der Waals surface area contributed by atoms with Crippen molar-refractivity contribution in [2.24, 2.45) is 0 Å². The van der Waals surface area contributed by atoms with Gasteiger partial charge in [0.05, 0.1) is 6.20 Å². The van der Waals surface area contributed by atoms with E-state index in [1.54, 1.807) is 41.0 Å². The van der Waals surface area contributed by atoms with Crippen molar-refractivity contribution in [1.29, 1.82) is 0 Å². The maximum atomic E-state index is 12.5. The highest BCUT2D eigenvalue weighted by Crippen LogP contribution is 2.20. The minimum Gasteiger partial charge on any atom is -0.337 e. The summed E-state index contributed by atoms with van der Waals surface area (Å²) in [5, 5.41) is 4.73. The van der Waals surface area contributed by atoms with Crippen molar-refractivity contribution in [3.63, 3.8) is 0 Å². The van der Waals surface area contributed by atoms with E-state index < -0.39 is 0 Å². The molecular weight excluding hydrogens is 286 g/mol. The molecule has 0 aliphatic heterocycles. The largest absolute Gasteiger partial charge is 0.337 e. The first-order valence-electron chi connectivity index (χ1n) is 6.48. The van der Waals surface area contributed by atoms with Crippen LogP contribution in [0.25, 0.3) is 0 Å². The Hall–Kier alpha value is -2.25. The van der Waals surface area contributed by atoms with Crippen molar-refractivity contribution in [3.05, 3.63) is 52.3 Å². The van der Waals surface area contributed by atoms with Crippen LogP contribution in [0.5, 0.6) is 0 Å². The number of carbonyl (C=O) groups is 1. The molecule has 0 saturated heterocycles. The van der Waals surface area contributed by atoms with Crippen LogP contribution in [0.3, 0.4) is 0 Å². The van der Waals surface area contributed by atoms with Crippen LogP contribution in [-0.4, -0.2) is 27.6 Å². The normalized spacial score (nSPS) is 10.2. The van der Waals surface area contributed by atoms with Crippen LogP contribution < -0.4 is 0 Å². The molecule has 0 aliphatic rings. The Labute approximate surface area is 129 Å². The van der Waals surface area contributed by atoms with Gasteiger partial charge in [0.2, 0.25) is 0 Å². The minimum atomic E-state index is -0.0697. The standard InChI is InChI=1S/C16H16ClN3O/c1-4-8-20-11-13(9-18-20)10-19(3)16(21)14-6-5-7-15(17)12(14)2/h1,5-7,9,11H,8,10H2,2-3H3. The lowest BCUT2D eigenvalue weighted by Crippen LogP contribution is -2.26. The van der Waals surface area contributed by atoms with Crippen LogP contribution in [-0.2, 0) is 13.1 Å². The molecule has 0 saturated carbocycles. The molecule has 0 radical (unpaired) electrons. The zero-order valence-corrected chi connectivity index (χ0v) is 12.8. The second kappa shape index (κ2) is 6.47. The number of rotatable bonds is 4. The summed E-state index contributed by atoms with van der Waals surface area (Å²) in [5.74, 6) is 2.45. The molecule has 2 rings (SSSR count). The van der Waals surface area contributed by atoms with Gasteiger partial charge in [0.1, 0.15) is 6.54 Å². The van der Waals surface area contributed by atoms with E-state index in [9.17, 15) is 4.79 Å². The number of hydrogen-bond donors (Lipinski definition) is 0. The second-order valence-electron chi connectivity index (χ2n) is 4.82. The maximum absolute atomic E-state index is 12.5. The molecule has 0 aliphatic carbocycles. The van der Waals surface area contributed by atoms with Crippen molar-refractivity contribution in [3.8, 4) is 12.3 Å². The quantitative estimate of drug-likeness (QED) is 0.815. The Kier molecular flexibility index (Phi) is 4.66. The molecule has 0 bridgehead atoms. The van der Waals surface area contributed by atoms with Crippen LogP contribution >= 0.6 is 11.6 Å². The molecule has 0 atom stereocenters. The van der Waals surface area contributed by atoms with E-state index in [1.807, 2.05) is 13.1 Å². The molecular formula is C16H16ClN3O. The maximum Gasteiger partial charge on any atom is 0.254 e. The first-order valence-corrected chi connectivity index (χ1v) is 6.86. The molecule has 108 valence electrons. The van der Waals surface area contributed by atoms with Gasteiger partial charge in [0, 0.05) is 35.9 Å². The molecule has 1 amide bonds. The summed E-state index contributed by atoms with van der Waals surface area (Å²) in [7, 11) is 1.75. The van der Waals surface area contributed by atoms with Crippen LogP contribution in [0.4, 0.5) is 0 Å². The molecule has 0 N–H and O–H groups in total. The SMILES string of the molecule is C#CCn1cc(CN(C)C(=O)c2cccc(Cl)c2C)cn1. The Bertz CT molecular complexity index is 700. The number of aromatic nitrogens is 2. The Morgan fingerprint density at radius 2 is 2.29 bits per heavy atom. The van der Waals surface area contributed by atoms with Crippen molar-refractivity contribution < 1.29 is 4.79 Å². The minimum absolute atomic E-state index is 0.0697. The Morgan fingerprint density at radius 3 is 3.00 bits per heavy atom. The molecule has 0 spiro atoms. The average molecular weight is 302 g/mol. The molecule has 0 unspecified atom stereocenters. The monoisotopic (exact) mass is 301 g/mol. The van der Waals surface area contributed by atoms with Gasteiger partial charge in [0.25, 0.3) is 5.91 Å². The molecule has 4 nitrogen and oxygen atoms in total. The van der Waals surface area contributed by atoms with E-state index in [4.69, 9.17) is 18.0 Å². The van der Waals surface area contributed by atoms with Crippen LogP contribution in [0.1, 0.15) is 21.5 Å². The van der Waals surface area contributed by atoms with Crippen LogP contribution in [0, 0.1) is 19.3 Å². The second-order valence-corrected chi connectivity index (χ2v) is 5.23. The van der Waals surface area contributed by atoms with E-state index in [0.29, 0.717) is 23.7 Å². The lowest BCUT2D eigenvalue weighted by Gasteiger charge is -2.18. The fraction of sp³-hybridized carbons (Fsp3) is 0.250. The highest BCUT2D eigenvalue weighted by Gasteiger charge is 2.16. The summed E-state index contributed by atoms with van der Waals surface area (Å²) in [5.41, 5.74) is 2.33. The van der Waals surface area contributed by atoms with E-state index >= 15 is 0 Å². The lowest BCUT2D eigenvalue weighted by atomic mass is 10.1. The van der Waals surface area contributed by atoms with Crippen LogP contribution in [0.15, 0.2) is 30.6 Å². The summed E-state index contributed by atoms with van der Waals surface area (Å²) in [4.78, 5) is 14.1. The number of benzene rings is 1.